The molecule has 2 saturated carbocycles. The summed E-state index contributed by atoms with van der Waals surface area (Å²) < 4.78 is 7.53. The maximum atomic E-state index is 12.4. The minimum absolute atomic E-state index is 0.189. The topological polar surface area (TPSA) is 97.2 Å². The van der Waals surface area contributed by atoms with Gasteiger partial charge in [-0.1, -0.05) is 11.6 Å². The first-order valence-electron chi connectivity index (χ1n) is 13.2. The predicted octanol–water partition coefficient (Wildman–Crippen LogP) is 5.85. The molecule has 3 heterocycles. The molecular weight excluding hydrogens is 478 g/mol. The number of halogens is 1. The highest BCUT2D eigenvalue weighted by Gasteiger charge is 2.40. The first kappa shape index (κ1) is 25.1. The van der Waals surface area contributed by atoms with Gasteiger partial charge in [-0.25, -0.2) is 9.78 Å². The van der Waals surface area contributed by atoms with Crippen LogP contribution < -0.4 is 10.6 Å². The Bertz CT molecular complexity index is 1060. The predicted molar refractivity (Wildman–Crippen MR) is 141 cm³/mol. The molecule has 5 rings (SSSR count). The Kier molecular flexibility index (Phi) is 7.03. The summed E-state index contributed by atoms with van der Waals surface area (Å²) in [7, 11) is 0. The smallest absolute Gasteiger partial charge is 0.410 e. The summed E-state index contributed by atoms with van der Waals surface area (Å²) in [5.74, 6) is 1.95. The number of nitrogens with zero attached hydrogens (tertiary/aromatic N) is 5. The lowest BCUT2D eigenvalue weighted by Crippen LogP contribution is -2.47. The highest BCUT2D eigenvalue weighted by molar-refractivity contribution is 6.32. The molecule has 3 aliphatic rings. The van der Waals surface area contributed by atoms with Gasteiger partial charge in [0.2, 0.25) is 5.95 Å². The van der Waals surface area contributed by atoms with E-state index in [1.54, 1.807) is 6.20 Å². The van der Waals surface area contributed by atoms with Crippen molar-refractivity contribution in [3.05, 3.63) is 23.6 Å². The van der Waals surface area contributed by atoms with Crippen molar-refractivity contribution >= 4 is 35.1 Å². The quantitative estimate of drug-likeness (QED) is 0.497. The fourth-order valence-electron chi connectivity index (χ4n) is 5.31. The summed E-state index contributed by atoms with van der Waals surface area (Å²) in [6.07, 6.45) is 14.3. The summed E-state index contributed by atoms with van der Waals surface area (Å²) in [4.78, 5) is 23.3. The van der Waals surface area contributed by atoms with Crippen LogP contribution in [-0.2, 0) is 11.3 Å². The van der Waals surface area contributed by atoms with Crippen molar-refractivity contribution in [1.82, 2.24) is 24.6 Å². The third-order valence-corrected chi connectivity index (χ3v) is 7.92. The highest BCUT2D eigenvalue weighted by atomic mass is 35.5. The summed E-state index contributed by atoms with van der Waals surface area (Å²) in [5, 5.41) is 11.8. The number of hydrogen-bond acceptors (Lipinski definition) is 7. The van der Waals surface area contributed by atoms with Crippen LogP contribution in [0.2, 0.25) is 5.02 Å². The second-order valence-corrected chi connectivity index (χ2v) is 12.2. The Morgan fingerprint density at radius 2 is 1.86 bits per heavy atom. The van der Waals surface area contributed by atoms with Gasteiger partial charge in [0.15, 0.2) is 5.82 Å². The Hall–Kier alpha value is -2.55. The van der Waals surface area contributed by atoms with E-state index in [2.05, 4.69) is 25.7 Å². The fraction of sp³-hybridized carbons (Fsp3) is 0.692. The average molecular weight is 516 g/mol. The van der Waals surface area contributed by atoms with Crippen molar-refractivity contribution in [3.63, 3.8) is 0 Å². The molecule has 0 bridgehead atoms. The van der Waals surface area contributed by atoms with Gasteiger partial charge in [-0.3, -0.25) is 4.68 Å². The Morgan fingerprint density at radius 1 is 1.14 bits per heavy atom. The van der Waals surface area contributed by atoms with Gasteiger partial charge in [0, 0.05) is 31.9 Å². The molecule has 196 valence electrons. The standard InChI is InChI=1S/C26H38ClN7O2/c1-25(2,3)36-24(35)33-12-10-26(11-13-33)8-6-19(7-9-26)30-22-21(27)15-28-23(32-22)31-20-14-29-34(17-20)16-18-4-5-18/h14-15,17-19H,4-13,16H2,1-3H3,(H2,28,30,31,32). The third-order valence-electron chi connectivity index (χ3n) is 7.64. The number of ether oxygens (including phenoxy) is 1. The molecule has 1 amide bonds. The van der Waals surface area contributed by atoms with Gasteiger partial charge in [0.1, 0.15) is 10.6 Å². The molecule has 3 fully saturated rings. The van der Waals surface area contributed by atoms with Gasteiger partial charge in [-0.15, -0.1) is 0 Å². The summed E-state index contributed by atoms with van der Waals surface area (Å²) in [6, 6.07) is 0.320. The van der Waals surface area contributed by atoms with Crippen molar-refractivity contribution in [2.24, 2.45) is 11.3 Å². The number of aromatic nitrogens is 4. The number of rotatable bonds is 6. The van der Waals surface area contributed by atoms with E-state index in [4.69, 9.17) is 16.3 Å². The van der Waals surface area contributed by atoms with Gasteiger partial charge < -0.3 is 20.3 Å². The molecule has 0 atom stereocenters. The van der Waals surface area contributed by atoms with E-state index in [1.165, 1.54) is 12.8 Å². The number of amides is 1. The highest BCUT2D eigenvalue weighted by Crippen LogP contribution is 2.45. The lowest BCUT2D eigenvalue weighted by Gasteiger charge is -2.46. The van der Waals surface area contributed by atoms with E-state index in [0.717, 1.165) is 69.8 Å². The van der Waals surface area contributed by atoms with Crippen LogP contribution in [0.1, 0.15) is 72.1 Å². The lowest BCUT2D eigenvalue weighted by molar-refractivity contribution is 0.00394. The van der Waals surface area contributed by atoms with E-state index in [9.17, 15) is 4.79 Å². The minimum atomic E-state index is -0.453. The lowest BCUT2D eigenvalue weighted by atomic mass is 9.67. The molecule has 1 spiro atoms. The SMILES string of the molecule is CC(C)(C)OC(=O)N1CCC2(CCC(Nc3nc(Nc4cnn(CC5CC5)c4)ncc3Cl)CC2)CC1. The molecule has 2 aliphatic carbocycles. The number of nitrogens with one attached hydrogen (secondary N) is 2. The van der Waals surface area contributed by atoms with Gasteiger partial charge in [-0.05, 0) is 83.5 Å². The first-order chi connectivity index (χ1) is 17.2. The van der Waals surface area contributed by atoms with Crippen LogP contribution in [0.3, 0.4) is 0 Å². The zero-order valence-electron chi connectivity index (χ0n) is 21.6. The number of anilines is 3. The molecule has 1 aliphatic heterocycles. The fourth-order valence-corrected chi connectivity index (χ4v) is 5.45. The molecule has 2 aromatic heterocycles. The molecule has 10 heteroatoms. The first-order valence-corrected chi connectivity index (χ1v) is 13.6. The number of piperidine rings is 1. The molecule has 9 nitrogen and oxygen atoms in total. The maximum Gasteiger partial charge on any atom is 0.410 e. The van der Waals surface area contributed by atoms with Crippen LogP contribution >= 0.6 is 11.6 Å². The van der Waals surface area contributed by atoms with Crippen LogP contribution in [-0.4, -0.2) is 55.5 Å². The zero-order valence-corrected chi connectivity index (χ0v) is 22.4. The molecule has 2 aromatic rings. The number of likely N-dealkylation sites (tertiary alicyclic amines) is 1. The van der Waals surface area contributed by atoms with E-state index in [1.807, 2.05) is 42.7 Å². The Morgan fingerprint density at radius 3 is 2.53 bits per heavy atom. The van der Waals surface area contributed by atoms with E-state index >= 15 is 0 Å². The van der Waals surface area contributed by atoms with Crippen LogP contribution in [0.25, 0.3) is 0 Å². The van der Waals surface area contributed by atoms with Gasteiger partial charge in [0.25, 0.3) is 0 Å². The molecule has 0 radical (unpaired) electrons. The van der Waals surface area contributed by atoms with E-state index < -0.39 is 5.60 Å². The van der Waals surface area contributed by atoms with Crippen molar-refractivity contribution in [1.29, 1.82) is 0 Å². The van der Waals surface area contributed by atoms with Gasteiger partial charge in [0.05, 0.1) is 18.1 Å². The van der Waals surface area contributed by atoms with E-state index in [-0.39, 0.29) is 6.09 Å². The van der Waals surface area contributed by atoms with Crippen molar-refractivity contribution < 1.29 is 9.53 Å². The Balaban J connectivity index is 1.12. The number of carbonyl (C=O) groups is 1. The van der Waals surface area contributed by atoms with Gasteiger partial charge >= 0.3 is 6.09 Å². The Labute approximate surface area is 218 Å². The number of carbonyl (C=O) groups excluding carboxylic acids is 1. The van der Waals surface area contributed by atoms with Crippen LogP contribution in [0, 0.1) is 11.3 Å². The summed E-state index contributed by atoms with van der Waals surface area (Å²) >= 11 is 6.44. The van der Waals surface area contributed by atoms with Crippen LogP contribution in [0.15, 0.2) is 18.6 Å². The van der Waals surface area contributed by atoms with Crippen molar-refractivity contribution in [2.75, 3.05) is 23.7 Å². The average Bonchev–Trinajstić information content (AvgIpc) is 3.54. The van der Waals surface area contributed by atoms with Crippen LogP contribution in [0.4, 0.5) is 22.2 Å². The van der Waals surface area contributed by atoms with Gasteiger partial charge in [-0.2, -0.15) is 10.1 Å². The summed E-state index contributed by atoms with van der Waals surface area (Å²) in [6.45, 7) is 8.26. The molecular formula is C26H38ClN7O2. The second kappa shape index (κ2) is 10.1. The summed E-state index contributed by atoms with van der Waals surface area (Å²) in [5.41, 5.74) is 0.742. The zero-order chi connectivity index (χ0) is 25.3. The molecule has 2 N–H and O–H groups in total. The molecule has 36 heavy (non-hydrogen) atoms. The van der Waals surface area contributed by atoms with Crippen LogP contribution in [0.5, 0.6) is 0 Å². The largest absolute Gasteiger partial charge is 0.444 e. The molecule has 1 saturated heterocycles. The maximum absolute atomic E-state index is 12.4. The molecule has 0 aromatic carbocycles. The van der Waals surface area contributed by atoms with E-state index in [0.29, 0.717) is 28.2 Å². The molecule has 0 unspecified atom stereocenters. The number of hydrogen-bond donors (Lipinski definition) is 2. The monoisotopic (exact) mass is 515 g/mol. The van der Waals surface area contributed by atoms with Crippen molar-refractivity contribution in [3.8, 4) is 0 Å². The third kappa shape index (κ3) is 6.41. The van der Waals surface area contributed by atoms with Crippen molar-refractivity contribution in [2.45, 2.75) is 90.3 Å². The second-order valence-electron chi connectivity index (χ2n) is 11.8. The normalized spacial score (nSPS) is 20.4. The minimum Gasteiger partial charge on any atom is -0.444 e.